The average Bonchev–Trinajstić information content (AvgIpc) is 3.70. The second kappa shape index (κ2) is 17.8. The molecular formula is C43H50Cl2N6O7. The SMILES string of the molecule is COCCOCCOc1cc(N2C[C@@H](C)n3c(c(CCCOc4cc(C)c(Cl)c(C)c4)c4ccc(Cl)c(/C(C(C)=N)=C(\C)NN)c43)C2=O)c2c(c1)cc(C(=O)O)n2C. The molecule has 1 aliphatic rings. The van der Waals surface area contributed by atoms with Gasteiger partial charge in [0.05, 0.1) is 48.2 Å². The van der Waals surface area contributed by atoms with Crippen LogP contribution in [0.1, 0.15) is 76.5 Å². The van der Waals surface area contributed by atoms with Crippen molar-refractivity contribution >= 4 is 73.9 Å². The van der Waals surface area contributed by atoms with Crippen LogP contribution < -0.4 is 25.6 Å². The van der Waals surface area contributed by atoms with E-state index in [4.69, 9.17) is 53.4 Å². The summed E-state index contributed by atoms with van der Waals surface area (Å²) in [6, 6.07) is 12.4. The van der Waals surface area contributed by atoms with E-state index in [2.05, 4.69) is 5.43 Å². The number of rotatable bonds is 17. The van der Waals surface area contributed by atoms with Crippen molar-refractivity contribution in [3.8, 4) is 11.5 Å². The Morgan fingerprint density at radius 3 is 2.31 bits per heavy atom. The molecule has 1 atom stereocenters. The van der Waals surface area contributed by atoms with Gasteiger partial charge in [-0.1, -0.05) is 29.3 Å². The van der Waals surface area contributed by atoms with Gasteiger partial charge in [-0.2, -0.15) is 0 Å². The van der Waals surface area contributed by atoms with Crippen LogP contribution in [0, 0.1) is 19.3 Å². The van der Waals surface area contributed by atoms with Gasteiger partial charge in [0, 0.05) is 71.2 Å². The van der Waals surface area contributed by atoms with E-state index in [-0.39, 0.29) is 36.5 Å². The molecule has 0 radical (unpaired) electrons. The predicted octanol–water partition coefficient (Wildman–Crippen LogP) is 8.26. The van der Waals surface area contributed by atoms with E-state index in [1.807, 2.05) is 43.5 Å². The molecule has 6 rings (SSSR count). The Morgan fingerprint density at radius 1 is 0.983 bits per heavy atom. The summed E-state index contributed by atoms with van der Waals surface area (Å²) in [7, 11) is 3.28. The Labute approximate surface area is 347 Å². The highest BCUT2D eigenvalue weighted by atomic mass is 35.5. The Hall–Kier alpha value is -5.05. The first-order valence-electron chi connectivity index (χ1n) is 19.1. The molecule has 13 nitrogen and oxygen atoms in total. The number of nitrogens with two attached hydrogens (primary N) is 1. The second-order valence-corrected chi connectivity index (χ2v) is 15.4. The molecule has 1 aliphatic heterocycles. The Kier molecular flexibility index (Phi) is 13.1. The van der Waals surface area contributed by atoms with Gasteiger partial charge in [0.25, 0.3) is 5.91 Å². The molecule has 58 heavy (non-hydrogen) atoms. The van der Waals surface area contributed by atoms with Crippen molar-refractivity contribution in [3.05, 3.63) is 91.8 Å². The number of anilines is 1. The van der Waals surface area contributed by atoms with Crippen molar-refractivity contribution in [1.82, 2.24) is 14.6 Å². The summed E-state index contributed by atoms with van der Waals surface area (Å²) in [5, 5.41) is 21.4. The maximum absolute atomic E-state index is 15.3. The molecule has 0 bridgehead atoms. The molecular weight excluding hydrogens is 783 g/mol. The lowest BCUT2D eigenvalue weighted by atomic mass is 9.96. The van der Waals surface area contributed by atoms with E-state index >= 15 is 4.79 Å². The lowest BCUT2D eigenvalue weighted by molar-refractivity contribution is 0.0544. The van der Waals surface area contributed by atoms with Crippen LogP contribution in [-0.4, -0.2) is 78.5 Å². The average molecular weight is 834 g/mol. The summed E-state index contributed by atoms with van der Waals surface area (Å²) >= 11 is 13.4. The van der Waals surface area contributed by atoms with Crippen molar-refractivity contribution in [1.29, 1.82) is 5.41 Å². The normalized spacial score (nSPS) is 14.6. The molecule has 0 saturated heterocycles. The third-order valence-corrected chi connectivity index (χ3v) is 11.5. The number of methoxy groups -OCH3 is 1. The number of hydrazine groups is 1. The molecule has 1 amide bonds. The number of halogens is 2. The van der Waals surface area contributed by atoms with Crippen LogP contribution in [0.5, 0.6) is 11.5 Å². The minimum absolute atomic E-state index is 0.0687. The molecule has 0 unspecified atom stereocenters. The Bertz CT molecular complexity index is 2430. The number of carboxylic acids is 1. The third-order valence-electron chi connectivity index (χ3n) is 10.5. The molecule has 0 aliphatic carbocycles. The number of fused-ring (bicyclic) bond motifs is 4. The molecule has 2 aromatic heterocycles. The van der Waals surface area contributed by atoms with Crippen molar-refractivity contribution in [2.24, 2.45) is 12.9 Å². The van der Waals surface area contributed by atoms with E-state index in [0.717, 1.165) is 27.6 Å². The van der Waals surface area contributed by atoms with Crippen LogP contribution in [0.3, 0.4) is 0 Å². The first kappa shape index (κ1) is 42.6. The number of amides is 1. The molecule has 5 N–H and O–H groups in total. The van der Waals surface area contributed by atoms with Gasteiger partial charge < -0.3 is 48.9 Å². The first-order chi connectivity index (χ1) is 27.7. The highest BCUT2D eigenvalue weighted by Gasteiger charge is 2.38. The Morgan fingerprint density at radius 2 is 1.66 bits per heavy atom. The zero-order valence-corrected chi connectivity index (χ0v) is 35.4. The van der Waals surface area contributed by atoms with Crippen LogP contribution in [0.2, 0.25) is 10.0 Å². The lowest BCUT2D eigenvalue weighted by Gasteiger charge is -2.35. The van der Waals surface area contributed by atoms with Crippen molar-refractivity contribution in [3.63, 3.8) is 0 Å². The minimum Gasteiger partial charge on any atom is -0.494 e. The maximum Gasteiger partial charge on any atom is 0.352 e. The van der Waals surface area contributed by atoms with Crippen LogP contribution in [0.15, 0.2) is 48.2 Å². The third kappa shape index (κ3) is 8.14. The van der Waals surface area contributed by atoms with Gasteiger partial charge in [-0.15, -0.1) is 0 Å². The number of hydrogen-bond acceptors (Lipinski definition) is 9. The predicted molar refractivity (Wildman–Crippen MR) is 229 cm³/mol. The number of ether oxygens (including phenoxy) is 4. The van der Waals surface area contributed by atoms with Crippen LogP contribution in [-0.2, 0) is 22.9 Å². The second-order valence-electron chi connectivity index (χ2n) is 14.6. The largest absolute Gasteiger partial charge is 0.494 e. The monoisotopic (exact) mass is 832 g/mol. The zero-order chi connectivity index (χ0) is 42.0. The number of carbonyl (C=O) groups excluding carboxylic acids is 1. The van der Waals surface area contributed by atoms with E-state index in [0.29, 0.717) is 99.9 Å². The molecule has 5 aromatic rings. The van der Waals surface area contributed by atoms with Crippen LogP contribution in [0.25, 0.3) is 27.4 Å². The molecule has 3 heterocycles. The van der Waals surface area contributed by atoms with Gasteiger partial charge in [0.2, 0.25) is 0 Å². The van der Waals surface area contributed by atoms with Gasteiger partial charge in [0.15, 0.2) is 0 Å². The van der Waals surface area contributed by atoms with E-state index in [9.17, 15) is 9.90 Å². The molecule has 0 spiro atoms. The molecule has 308 valence electrons. The fourth-order valence-corrected chi connectivity index (χ4v) is 8.30. The topological polar surface area (TPSA) is 166 Å². The molecule has 0 saturated carbocycles. The number of carboxylic acid groups (broad SMARTS) is 1. The number of hydrogen-bond donors (Lipinski definition) is 4. The number of aromatic nitrogens is 2. The zero-order valence-electron chi connectivity index (χ0n) is 33.8. The van der Waals surface area contributed by atoms with Gasteiger partial charge in [-0.05, 0) is 94.5 Å². The number of carbonyl (C=O) groups is 2. The number of allylic oxidation sites excluding steroid dienone is 2. The van der Waals surface area contributed by atoms with Gasteiger partial charge in [-0.3, -0.25) is 10.6 Å². The van der Waals surface area contributed by atoms with Gasteiger partial charge in [0.1, 0.15) is 29.5 Å². The molecule has 0 fully saturated rings. The summed E-state index contributed by atoms with van der Waals surface area (Å²) in [6.45, 7) is 11.4. The van der Waals surface area contributed by atoms with Crippen molar-refractivity contribution in [2.45, 2.75) is 53.5 Å². The van der Waals surface area contributed by atoms with Crippen LogP contribution >= 0.6 is 23.2 Å². The minimum atomic E-state index is -1.09. The summed E-state index contributed by atoms with van der Waals surface area (Å²) in [5.41, 5.74) is 9.65. The smallest absolute Gasteiger partial charge is 0.352 e. The van der Waals surface area contributed by atoms with E-state index in [1.165, 1.54) is 0 Å². The summed E-state index contributed by atoms with van der Waals surface area (Å²) in [5.74, 6) is 5.73. The molecule has 15 heteroatoms. The van der Waals surface area contributed by atoms with Crippen molar-refractivity contribution in [2.75, 3.05) is 51.6 Å². The Balaban J connectivity index is 1.49. The highest BCUT2D eigenvalue weighted by molar-refractivity contribution is 6.37. The first-order valence-corrected chi connectivity index (χ1v) is 19.8. The number of aromatic carboxylic acids is 1. The highest BCUT2D eigenvalue weighted by Crippen LogP contribution is 2.44. The maximum atomic E-state index is 15.3. The van der Waals surface area contributed by atoms with E-state index < -0.39 is 5.97 Å². The summed E-state index contributed by atoms with van der Waals surface area (Å²) in [4.78, 5) is 29.4. The van der Waals surface area contributed by atoms with E-state index in [1.54, 1.807) is 61.7 Å². The molecule has 3 aromatic carbocycles. The summed E-state index contributed by atoms with van der Waals surface area (Å²) < 4.78 is 26.6. The standard InChI is InChI=1S/C43H50Cl2N6O7/c1-23-17-29(18-24(2)38(23)45)57-12-8-9-31-32-10-11-33(44)37(36(26(4)46)27(5)48-47)40(32)51-25(3)22-50(42(52)41(31)51)34-21-30(58-16-15-56-14-13-55-7)19-28-20-35(43(53)54)49(6)39(28)34/h10-11,17-21,25,46,48H,8-9,12-16,22,47H2,1-7H3,(H,53,54)/b36-27+,46-26?/t25-/m1/s1. The number of aryl methyl sites for hydroxylation is 4. The quantitative estimate of drug-likeness (QED) is 0.0312. The lowest BCUT2D eigenvalue weighted by Crippen LogP contribution is -2.43. The number of benzene rings is 3. The van der Waals surface area contributed by atoms with Crippen LogP contribution in [0.4, 0.5) is 5.69 Å². The number of nitrogens with one attached hydrogen (secondary N) is 2. The van der Waals surface area contributed by atoms with Gasteiger partial charge >= 0.3 is 5.97 Å². The fourth-order valence-electron chi connectivity index (χ4n) is 7.94. The number of nitrogens with zero attached hydrogens (tertiary/aromatic N) is 3. The van der Waals surface area contributed by atoms with Crippen molar-refractivity contribution < 1.29 is 33.6 Å². The summed E-state index contributed by atoms with van der Waals surface area (Å²) in [6.07, 6.45) is 1.05. The fraction of sp³-hybridized carbons (Fsp3) is 0.372. The van der Waals surface area contributed by atoms with Gasteiger partial charge in [-0.25, -0.2) is 4.79 Å².